The Hall–Kier alpha value is -1.35. The molecule has 0 aliphatic rings. The lowest BCUT2D eigenvalue weighted by molar-refractivity contribution is 0.872. The first-order valence-corrected chi connectivity index (χ1v) is 4.17. The minimum Gasteiger partial charge on any atom is -0.318 e. The zero-order valence-electron chi connectivity index (χ0n) is 6.99. The zero-order chi connectivity index (χ0) is 9.42. The molecule has 66 valence electrons. The van der Waals surface area contributed by atoms with Crippen LogP contribution >= 0.6 is 11.6 Å². The van der Waals surface area contributed by atoms with Gasteiger partial charge in [0.2, 0.25) is 0 Å². The molecule has 0 aliphatic heterocycles. The average Bonchev–Trinajstić information content (AvgIpc) is 2.12. The van der Waals surface area contributed by atoms with Crippen LogP contribution in [0.2, 0.25) is 5.02 Å². The Morgan fingerprint density at radius 2 is 2.15 bits per heavy atom. The highest BCUT2D eigenvalue weighted by Crippen LogP contribution is 2.18. The van der Waals surface area contributed by atoms with Gasteiger partial charge in [-0.05, 0) is 6.07 Å². The lowest BCUT2D eigenvalue weighted by Gasteiger charge is -2.00. The smallest absolute Gasteiger partial charge is 0.259 e. The van der Waals surface area contributed by atoms with Gasteiger partial charge in [0, 0.05) is 31.0 Å². The van der Waals surface area contributed by atoms with Crippen LogP contribution in [0.4, 0.5) is 0 Å². The second-order valence-corrected chi connectivity index (χ2v) is 3.22. The van der Waals surface area contributed by atoms with Crippen LogP contribution in [0.25, 0.3) is 10.8 Å². The molecule has 0 bridgehead atoms. The van der Waals surface area contributed by atoms with Crippen LogP contribution in [0.3, 0.4) is 0 Å². The Labute approximate surface area is 79.6 Å². The van der Waals surface area contributed by atoms with E-state index in [1.54, 1.807) is 19.3 Å². The monoisotopic (exact) mass is 194 g/mol. The highest BCUT2D eigenvalue weighted by Gasteiger charge is 2.02. The second kappa shape index (κ2) is 2.85. The number of hydrogen-bond donors (Lipinski definition) is 0. The predicted molar refractivity (Wildman–Crippen MR) is 52.0 cm³/mol. The molecule has 2 aromatic heterocycles. The predicted octanol–water partition coefficient (Wildman–Crippen LogP) is 1.59. The van der Waals surface area contributed by atoms with E-state index in [1.165, 1.54) is 17.0 Å². The van der Waals surface area contributed by atoms with E-state index < -0.39 is 0 Å². The maximum absolute atomic E-state index is 11.5. The summed E-state index contributed by atoms with van der Waals surface area (Å²) in [5.41, 5.74) is -0.0764. The van der Waals surface area contributed by atoms with E-state index in [9.17, 15) is 4.79 Å². The second-order valence-electron chi connectivity index (χ2n) is 2.81. The van der Waals surface area contributed by atoms with Crippen molar-refractivity contribution >= 4 is 22.4 Å². The number of fused-ring (bicyclic) bond motifs is 1. The van der Waals surface area contributed by atoms with Gasteiger partial charge >= 0.3 is 0 Å². The SMILES string of the molecule is Cn1ccc2c(Cl)cncc2c1=O. The van der Waals surface area contributed by atoms with E-state index in [0.717, 1.165) is 5.39 Å². The molecule has 2 aromatic rings. The average molecular weight is 195 g/mol. The molecule has 0 unspecified atom stereocenters. The van der Waals surface area contributed by atoms with Gasteiger partial charge in [0.25, 0.3) is 5.56 Å². The van der Waals surface area contributed by atoms with Crippen molar-refractivity contribution in [2.24, 2.45) is 7.05 Å². The molecule has 0 spiro atoms. The van der Waals surface area contributed by atoms with Crippen molar-refractivity contribution in [3.63, 3.8) is 0 Å². The van der Waals surface area contributed by atoms with Crippen molar-refractivity contribution in [1.29, 1.82) is 0 Å². The first-order chi connectivity index (χ1) is 6.20. The van der Waals surface area contributed by atoms with Gasteiger partial charge in [-0.25, -0.2) is 0 Å². The lowest BCUT2D eigenvalue weighted by Crippen LogP contribution is -2.15. The van der Waals surface area contributed by atoms with E-state index in [1.807, 2.05) is 0 Å². The molecule has 0 saturated carbocycles. The summed E-state index contributed by atoms with van der Waals surface area (Å²) >= 11 is 5.87. The molecule has 0 radical (unpaired) electrons. The van der Waals surface area contributed by atoms with Gasteiger partial charge in [0.1, 0.15) is 0 Å². The molecule has 4 heteroatoms. The quantitative estimate of drug-likeness (QED) is 0.639. The zero-order valence-corrected chi connectivity index (χ0v) is 7.75. The van der Waals surface area contributed by atoms with Crippen molar-refractivity contribution < 1.29 is 0 Å². The summed E-state index contributed by atoms with van der Waals surface area (Å²) in [7, 11) is 1.70. The Kier molecular flexibility index (Phi) is 1.81. The van der Waals surface area contributed by atoms with Gasteiger partial charge in [-0.3, -0.25) is 9.78 Å². The fourth-order valence-corrected chi connectivity index (χ4v) is 1.45. The number of aromatic nitrogens is 2. The maximum atomic E-state index is 11.5. The Bertz CT molecular complexity index is 518. The topological polar surface area (TPSA) is 34.9 Å². The van der Waals surface area contributed by atoms with Gasteiger partial charge in [0.15, 0.2) is 0 Å². The molecule has 0 N–H and O–H groups in total. The van der Waals surface area contributed by atoms with Gasteiger partial charge < -0.3 is 4.57 Å². The van der Waals surface area contributed by atoms with Gasteiger partial charge in [-0.1, -0.05) is 11.6 Å². The Morgan fingerprint density at radius 1 is 1.38 bits per heavy atom. The van der Waals surface area contributed by atoms with Crippen molar-refractivity contribution in [3.05, 3.63) is 40.0 Å². The van der Waals surface area contributed by atoms with Crippen molar-refractivity contribution in [2.45, 2.75) is 0 Å². The Morgan fingerprint density at radius 3 is 2.92 bits per heavy atom. The molecular formula is C9H7ClN2O. The molecular weight excluding hydrogens is 188 g/mol. The standard InChI is InChI=1S/C9H7ClN2O/c1-12-3-2-6-7(9(12)13)4-11-5-8(6)10/h2-5H,1H3. The number of rotatable bonds is 0. The lowest BCUT2D eigenvalue weighted by atomic mass is 10.2. The van der Waals surface area contributed by atoms with Gasteiger partial charge in [-0.2, -0.15) is 0 Å². The van der Waals surface area contributed by atoms with E-state index in [0.29, 0.717) is 10.4 Å². The van der Waals surface area contributed by atoms with E-state index in [2.05, 4.69) is 4.98 Å². The number of aryl methyl sites for hydroxylation is 1. The number of nitrogens with zero attached hydrogens (tertiary/aromatic N) is 2. The summed E-state index contributed by atoms with van der Waals surface area (Å²) in [5.74, 6) is 0. The molecule has 0 amide bonds. The molecule has 0 aromatic carbocycles. The largest absolute Gasteiger partial charge is 0.318 e. The summed E-state index contributed by atoms with van der Waals surface area (Å²) < 4.78 is 1.50. The van der Waals surface area contributed by atoms with Gasteiger partial charge in [-0.15, -0.1) is 0 Å². The third kappa shape index (κ3) is 1.21. The summed E-state index contributed by atoms with van der Waals surface area (Å²) in [6, 6.07) is 1.81. The van der Waals surface area contributed by atoms with Crippen LogP contribution in [-0.2, 0) is 7.05 Å². The summed E-state index contributed by atoms with van der Waals surface area (Å²) in [6.07, 6.45) is 4.75. The number of halogens is 1. The summed E-state index contributed by atoms with van der Waals surface area (Å²) in [6.45, 7) is 0. The van der Waals surface area contributed by atoms with E-state index in [4.69, 9.17) is 11.6 Å². The van der Waals surface area contributed by atoms with Crippen LogP contribution in [0.15, 0.2) is 29.5 Å². The van der Waals surface area contributed by atoms with Crippen molar-refractivity contribution in [3.8, 4) is 0 Å². The first-order valence-electron chi connectivity index (χ1n) is 3.79. The number of hydrogen-bond acceptors (Lipinski definition) is 2. The third-order valence-corrected chi connectivity index (χ3v) is 2.26. The van der Waals surface area contributed by atoms with Gasteiger partial charge in [0.05, 0.1) is 10.4 Å². The van der Waals surface area contributed by atoms with Crippen LogP contribution in [-0.4, -0.2) is 9.55 Å². The minimum absolute atomic E-state index is 0.0764. The van der Waals surface area contributed by atoms with Crippen LogP contribution in [0, 0.1) is 0 Å². The fourth-order valence-electron chi connectivity index (χ4n) is 1.23. The minimum atomic E-state index is -0.0764. The summed E-state index contributed by atoms with van der Waals surface area (Å²) in [5, 5.41) is 1.81. The van der Waals surface area contributed by atoms with Crippen molar-refractivity contribution in [2.75, 3.05) is 0 Å². The molecule has 13 heavy (non-hydrogen) atoms. The Balaban J connectivity index is 3.03. The highest BCUT2D eigenvalue weighted by molar-refractivity contribution is 6.35. The molecule has 3 nitrogen and oxygen atoms in total. The van der Waals surface area contributed by atoms with E-state index >= 15 is 0 Å². The molecule has 2 heterocycles. The third-order valence-electron chi connectivity index (χ3n) is 1.95. The molecule has 0 fully saturated rings. The fraction of sp³-hybridized carbons (Fsp3) is 0.111. The first kappa shape index (κ1) is 8.26. The van der Waals surface area contributed by atoms with E-state index in [-0.39, 0.29) is 5.56 Å². The summed E-state index contributed by atoms with van der Waals surface area (Å²) in [4.78, 5) is 15.4. The molecule has 2 rings (SSSR count). The normalized spacial score (nSPS) is 10.6. The molecule has 0 atom stereocenters. The molecule has 0 aliphatic carbocycles. The number of pyridine rings is 2. The van der Waals surface area contributed by atoms with Crippen LogP contribution in [0.5, 0.6) is 0 Å². The highest BCUT2D eigenvalue weighted by atomic mass is 35.5. The van der Waals surface area contributed by atoms with Crippen LogP contribution < -0.4 is 5.56 Å². The molecule has 0 saturated heterocycles. The van der Waals surface area contributed by atoms with Crippen LogP contribution in [0.1, 0.15) is 0 Å². The maximum Gasteiger partial charge on any atom is 0.259 e. The van der Waals surface area contributed by atoms with Crippen molar-refractivity contribution in [1.82, 2.24) is 9.55 Å².